The highest BCUT2D eigenvalue weighted by Gasteiger charge is 2.18. The maximum Gasteiger partial charge on any atom is 0.341 e. The van der Waals surface area contributed by atoms with Gasteiger partial charge in [0.1, 0.15) is 0 Å². The molecule has 0 saturated carbocycles. The number of halogens is 1. The van der Waals surface area contributed by atoms with Crippen LogP contribution in [0.1, 0.15) is 15.9 Å². The van der Waals surface area contributed by atoms with Crippen LogP contribution in [0.3, 0.4) is 0 Å². The number of non-ortho nitro benzene ring substituents is 1. The molecule has 0 atom stereocenters. The van der Waals surface area contributed by atoms with Crippen molar-refractivity contribution >= 4 is 34.9 Å². The minimum atomic E-state index is -0.823. The number of amides is 1. The van der Waals surface area contributed by atoms with Gasteiger partial charge in [0.05, 0.1) is 10.5 Å². The van der Waals surface area contributed by atoms with E-state index >= 15 is 0 Å². The third-order valence-electron chi connectivity index (χ3n) is 3.69. The summed E-state index contributed by atoms with van der Waals surface area (Å²) in [5.41, 5.74) is 1.12. The third-order valence-corrected chi connectivity index (χ3v) is 3.94. The summed E-state index contributed by atoms with van der Waals surface area (Å²) < 4.78 is 4.95. The molecule has 2 aromatic rings. The van der Waals surface area contributed by atoms with Gasteiger partial charge in [-0.2, -0.15) is 0 Å². The van der Waals surface area contributed by atoms with Crippen molar-refractivity contribution in [3.63, 3.8) is 0 Å². The number of carbonyl (C=O) groups excluding carboxylic acids is 2. The van der Waals surface area contributed by atoms with Crippen molar-refractivity contribution in [2.75, 3.05) is 25.5 Å². The Bertz CT molecular complexity index is 839. The maximum absolute atomic E-state index is 12.2. The monoisotopic (exact) mass is 391 g/mol. The lowest BCUT2D eigenvalue weighted by molar-refractivity contribution is -0.384. The first kappa shape index (κ1) is 20.2. The quantitative estimate of drug-likeness (QED) is 0.406. The maximum atomic E-state index is 12.2. The lowest BCUT2D eigenvalue weighted by atomic mass is 10.1. The zero-order valence-corrected chi connectivity index (χ0v) is 15.3. The molecule has 2 rings (SSSR count). The van der Waals surface area contributed by atoms with Crippen molar-refractivity contribution in [1.82, 2.24) is 5.32 Å². The molecule has 0 saturated heterocycles. The molecule has 9 heteroatoms. The fourth-order valence-electron chi connectivity index (χ4n) is 2.29. The van der Waals surface area contributed by atoms with Gasteiger partial charge < -0.3 is 15.4 Å². The van der Waals surface area contributed by atoms with E-state index in [-0.39, 0.29) is 11.3 Å². The molecule has 0 fully saturated rings. The average molecular weight is 392 g/mol. The summed E-state index contributed by atoms with van der Waals surface area (Å²) in [6, 6.07) is 11.0. The Morgan fingerprint density at radius 2 is 1.89 bits per heavy atom. The van der Waals surface area contributed by atoms with Gasteiger partial charge in [-0.15, -0.1) is 0 Å². The summed E-state index contributed by atoms with van der Waals surface area (Å²) in [7, 11) is 1.57. The van der Waals surface area contributed by atoms with Crippen LogP contribution < -0.4 is 10.6 Å². The molecule has 27 heavy (non-hydrogen) atoms. The Morgan fingerprint density at radius 1 is 1.19 bits per heavy atom. The van der Waals surface area contributed by atoms with Gasteiger partial charge in [0.15, 0.2) is 6.61 Å². The molecular formula is C18H18ClN3O5. The first-order valence-corrected chi connectivity index (χ1v) is 8.43. The molecule has 0 heterocycles. The summed E-state index contributed by atoms with van der Waals surface area (Å²) in [4.78, 5) is 34.2. The highest BCUT2D eigenvalue weighted by atomic mass is 35.5. The molecule has 0 aromatic heterocycles. The molecule has 2 N–H and O–H groups in total. The van der Waals surface area contributed by atoms with Gasteiger partial charge in [0, 0.05) is 36.4 Å². The number of esters is 1. The second-order valence-electron chi connectivity index (χ2n) is 5.54. The Morgan fingerprint density at radius 3 is 2.52 bits per heavy atom. The molecule has 8 nitrogen and oxygen atoms in total. The minimum Gasteiger partial charge on any atom is -0.452 e. The Hall–Kier alpha value is -3.13. The number of nitro benzene ring substituents is 1. The van der Waals surface area contributed by atoms with E-state index in [1.165, 1.54) is 12.1 Å². The van der Waals surface area contributed by atoms with Gasteiger partial charge >= 0.3 is 5.97 Å². The van der Waals surface area contributed by atoms with E-state index in [0.29, 0.717) is 23.7 Å². The fraction of sp³-hybridized carbons (Fsp3) is 0.222. The van der Waals surface area contributed by atoms with Crippen LogP contribution in [0.15, 0.2) is 42.5 Å². The van der Waals surface area contributed by atoms with Gasteiger partial charge in [-0.1, -0.05) is 23.7 Å². The number of nitro groups is 1. The number of hydrogen-bond donors (Lipinski definition) is 2. The van der Waals surface area contributed by atoms with E-state index in [9.17, 15) is 19.7 Å². The molecule has 0 radical (unpaired) electrons. The van der Waals surface area contributed by atoms with Gasteiger partial charge in [-0.3, -0.25) is 14.9 Å². The Labute approximate surface area is 160 Å². The summed E-state index contributed by atoms with van der Waals surface area (Å²) >= 11 is 5.81. The van der Waals surface area contributed by atoms with E-state index in [0.717, 1.165) is 11.6 Å². The average Bonchev–Trinajstić information content (AvgIpc) is 2.67. The number of nitrogens with zero attached hydrogens (tertiary/aromatic N) is 1. The zero-order chi connectivity index (χ0) is 19.8. The van der Waals surface area contributed by atoms with Gasteiger partial charge in [-0.05, 0) is 30.2 Å². The second kappa shape index (κ2) is 9.54. The third kappa shape index (κ3) is 5.96. The number of anilines is 1. The predicted octanol–water partition coefficient (Wildman–Crippen LogP) is 2.81. The number of ether oxygens (including phenoxy) is 1. The normalized spacial score (nSPS) is 10.1. The molecule has 0 bridgehead atoms. The van der Waals surface area contributed by atoms with Crippen molar-refractivity contribution in [3.05, 3.63) is 68.7 Å². The molecule has 0 spiro atoms. The van der Waals surface area contributed by atoms with Crippen molar-refractivity contribution in [2.24, 2.45) is 0 Å². The molecule has 0 unspecified atom stereocenters. The standard InChI is InChI=1S/C18H18ClN3O5/c1-20-16-7-6-14(22(25)26)10-15(16)18(24)27-11-17(23)21-9-8-12-2-4-13(19)5-3-12/h2-7,10,20H,8-9,11H2,1H3,(H,21,23). The predicted molar refractivity (Wildman–Crippen MR) is 101 cm³/mol. The van der Waals surface area contributed by atoms with Crippen molar-refractivity contribution < 1.29 is 19.2 Å². The summed E-state index contributed by atoms with van der Waals surface area (Å²) in [5.74, 6) is -1.29. The number of rotatable bonds is 8. The summed E-state index contributed by atoms with van der Waals surface area (Å²) in [6.07, 6.45) is 0.603. The topological polar surface area (TPSA) is 111 Å². The van der Waals surface area contributed by atoms with Crippen LogP contribution in [-0.2, 0) is 16.0 Å². The fourth-order valence-corrected chi connectivity index (χ4v) is 2.42. The minimum absolute atomic E-state index is 0.0133. The number of carbonyl (C=O) groups is 2. The van der Waals surface area contributed by atoms with Crippen LogP contribution in [0.2, 0.25) is 5.02 Å². The largest absolute Gasteiger partial charge is 0.452 e. The van der Waals surface area contributed by atoms with Crippen LogP contribution in [0.5, 0.6) is 0 Å². The summed E-state index contributed by atoms with van der Waals surface area (Å²) in [6.45, 7) is -0.109. The molecule has 2 aromatic carbocycles. The molecule has 0 aliphatic rings. The Kier molecular flexibility index (Phi) is 7.13. The Balaban J connectivity index is 1.85. The van der Waals surface area contributed by atoms with Crippen molar-refractivity contribution in [3.8, 4) is 0 Å². The SMILES string of the molecule is CNc1ccc([N+](=O)[O-])cc1C(=O)OCC(=O)NCCc1ccc(Cl)cc1. The highest BCUT2D eigenvalue weighted by Crippen LogP contribution is 2.22. The molecule has 142 valence electrons. The molecule has 0 aliphatic carbocycles. The lowest BCUT2D eigenvalue weighted by Gasteiger charge is -2.10. The lowest BCUT2D eigenvalue weighted by Crippen LogP contribution is -2.30. The van der Waals surface area contributed by atoms with Gasteiger partial charge in [-0.25, -0.2) is 4.79 Å². The van der Waals surface area contributed by atoms with Gasteiger partial charge in [0.25, 0.3) is 11.6 Å². The van der Waals surface area contributed by atoms with E-state index in [1.54, 1.807) is 19.2 Å². The number of benzene rings is 2. The van der Waals surface area contributed by atoms with Crippen LogP contribution in [0.4, 0.5) is 11.4 Å². The molecule has 0 aliphatic heterocycles. The van der Waals surface area contributed by atoms with E-state index in [4.69, 9.17) is 16.3 Å². The van der Waals surface area contributed by atoms with Crippen molar-refractivity contribution in [2.45, 2.75) is 6.42 Å². The molecule has 1 amide bonds. The number of nitrogens with one attached hydrogen (secondary N) is 2. The van der Waals surface area contributed by atoms with Crippen molar-refractivity contribution in [1.29, 1.82) is 0 Å². The van der Waals surface area contributed by atoms with Crippen LogP contribution in [-0.4, -0.2) is 37.0 Å². The second-order valence-corrected chi connectivity index (χ2v) is 5.98. The van der Waals surface area contributed by atoms with Crippen LogP contribution in [0, 0.1) is 10.1 Å². The zero-order valence-electron chi connectivity index (χ0n) is 14.5. The first-order valence-electron chi connectivity index (χ1n) is 8.05. The van der Waals surface area contributed by atoms with E-state index < -0.39 is 23.4 Å². The molecular weight excluding hydrogens is 374 g/mol. The highest BCUT2D eigenvalue weighted by molar-refractivity contribution is 6.30. The van der Waals surface area contributed by atoms with Gasteiger partial charge in [0.2, 0.25) is 0 Å². The van der Waals surface area contributed by atoms with E-state index in [2.05, 4.69) is 10.6 Å². The number of hydrogen-bond acceptors (Lipinski definition) is 6. The van der Waals surface area contributed by atoms with Crippen LogP contribution >= 0.6 is 11.6 Å². The summed E-state index contributed by atoms with van der Waals surface area (Å²) in [5, 5.41) is 16.9. The van der Waals surface area contributed by atoms with Crippen LogP contribution in [0.25, 0.3) is 0 Å². The smallest absolute Gasteiger partial charge is 0.341 e. The van der Waals surface area contributed by atoms with E-state index in [1.807, 2.05) is 12.1 Å². The first-order chi connectivity index (χ1) is 12.9.